The van der Waals surface area contributed by atoms with E-state index in [0.717, 1.165) is 10.1 Å². The van der Waals surface area contributed by atoms with Gasteiger partial charge in [-0.05, 0) is 49.4 Å². The molecular weight excluding hydrogens is 368 g/mol. The van der Waals surface area contributed by atoms with E-state index < -0.39 is 10.0 Å². The topological polar surface area (TPSA) is 84.9 Å². The lowest BCUT2D eigenvalue weighted by atomic mass is 10.2. The Morgan fingerprint density at radius 3 is 2.33 bits per heavy atom. The Bertz CT molecular complexity index is 879. The first kappa shape index (κ1) is 20.7. The molecule has 1 N–H and O–H groups in total. The van der Waals surface area contributed by atoms with E-state index in [4.69, 9.17) is 9.47 Å². The SMILES string of the molecule is COc1ccc(OC[C@H](C)NC(=O)c2cccc(S(=O)(=O)N(C)C)c2)cc1. The van der Waals surface area contributed by atoms with Crippen LogP contribution in [0.5, 0.6) is 11.5 Å². The molecule has 0 saturated heterocycles. The number of nitrogens with zero attached hydrogens (tertiary/aromatic N) is 1. The number of methoxy groups -OCH3 is 1. The monoisotopic (exact) mass is 392 g/mol. The van der Waals surface area contributed by atoms with Crippen LogP contribution in [0.15, 0.2) is 53.4 Å². The van der Waals surface area contributed by atoms with Crippen LogP contribution in [0.1, 0.15) is 17.3 Å². The summed E-state index contributed by atoms with van der Waals surface area (Å²) in [4.78, 5) is 12.5. The van der Waals surface area contributed by atoms with Gasteiger partial charge in [0.2, 0.25) is 10.0 Å². The average Bonchev–Trinajstić information content (AvgIpc) is 2.66. The van der Waals surface area contributed by atoms with Gasteiger partial charge in [-0.3, -0.25) is 4.79 Å². The van der Waals surface area contributed by atoms with Gasteiger partial charge in [0.25, 0.3) is 5.91 Å². The Morgan fingerprint density at radius 2 is 1.74 bits per heavy atom. The van der Waals surface area contributed by atoms with Crippen LogP contribution < -0.4 is 14.8 Å². The molecule has 7 nitrogen and oxygen atoms in total. The molecule has 2 aromatic carbocycles. The molecule has 0 heterocycles. The highest BCUT2D eigenvalue weighted by Gasteiger charge is 2.19. The van der Waals surface area contributed by atoms with Gasteiger partial charge in [0.15, 0.2) is 0 Å². The van der Waals surface area contributed by atoms with Crippen LogP contribution in [0.25, 0.3) is 0 Å². The van der Waals surface area contributed by atoms with Crippen molar-refractivity contribution in [3.8, 4) is 11.5 Å². The first-order valence-corrected chi connectivity index (χ1v) is 9.78. The molecule has 0 aliphatic heterocycles. The third-order valence-corrected chi connectivity index (χ3v) is 5.62. The van der Waals surface area contributed by atoms with E-state index in [-0.39, 0.29) is 29.0 Å². The Hall–Kier alpha value is -2.58. The molecule has 0 radical (unpaired) electrons. The maximum absolute atomic E-state index is 12.4. The van der Waals surface area contributed by atoms with Crippen LogP contribution >= 0.6 is 0 Å². The summed E-state index contributed by atoms with van der Waals surface area (Å²) in [6, 6.07) is 12.8. The van der Waals surface area contributed by atoms with E-state index in [1.165, 1.54) is 26.2 Å². The van der Waals surface area contributed by atoms with Gasteiger partial charge < -0.3 is 14.8 Å². The van der Waals surface area contributed by atoms with E-state index in [1.807, 2.05) is 6.92 Å². The Kier molecular flexibility index (Phi) is 6.81. The Balaban J connectivity index is 1.97. The zero-order valence-electron chi connectivity index (χ0n) is 15.8. The molecule has 0 saturated carbocycles. The number of sulfonamides is 1. The second-order valence-electron chi connectivity index (χ2n) is 6.18. The number of hydrogen-bond acceptors (Lipinski definition) is 5. The van der Waals surface area contributed by atoms with E-state index in [9.17, 15) is 13.2 Å². The summed E-state index contributed by atoms with van der Waals surface area (Å²) in [5.74, 6) is 1.03. The van der Waals surface area contributed by atoms with Gasteiger partial charge in [-0.25, -0.2) is 12.7 Å². The van der Waals surface area contributed by atoms with Gasteiger partial charge in [0, 0.05) is 19.7 Å². The average molecular weight is 392 g/mol. The third-order valence-electron chi connectivity index (χ3n) is 3.81. The van der Waals surface area contributed by atoms with Gasteiger partial charge >= 0.3 is 0 Å². The molecule has 0 aromatic heterocycles. The smallest absolute Gasteiger partial charge is 0.251 e. The Morgan fingerprint density at radius 1 is 1.11 bits per heavy atom. The van der Waals surface area contributed by atoms with Crippen molar-refractivity contribution in [2.45, 2.75) is 17.9 Å². The molecule has 0 bridgehead atoms. The molecule has 8 heteroatoms. The summed E-state index contributed by atoms with van der Waals surface area (Å²) < 4.78 is 36.2. The predicted molar refractivity (Wildman–Crippen MR) is 103 cm³/mol. The summed E-state index contributed by atoms with van der Waals surface area (Å²) in [6.07, 6.45) is 0. The van der Waals surface area contributed by atoms with Crippen molar-refractivity contribution in [1.29, 1.82) is 0 Å². The standard InChI is InChI=1S/C19H24N2O5S/c1-14(13-26-17-10-8-16(25-4)9-11-17)20-19(22)15-6-5-7-18(12-15)27(23,24)21(2)3/h5-12,14H,13H2,1-4H3,(H,20,22)/t14-/m0/s1. The minimum Gasteiger partial charge on any atom is -0.497 e. The van der Waals surface area contributed by atoms with Crippen LogP contribution in [-0.4, -0.2) is 52.5 Å². The lowest BCUT2D eigenvalue weighted by Crippen LogP contribution is -2.36. The number of ether oxygens (including phenoxy) is 2. The molecule has 146 valence electrons. The first-order chi connectivity index (χ1) is 12.7. The van der Waals surface area contributed by atoms with Crippen molar-refractivity contribution in [3.05, 3.63) is 54.1 Å². The lowest BCUT2D eigenvalue weighted by molar-refractivity contribution is 0.0926. The van der Waals surface area contributed by atoms with Crippen LogP contribution in [0.4, 0.5) is 0 Å². The summed E-state index contributed by atoms with van der Waals surface area (Å²) in [7, 11) is 0.885. The van der Waals surface area contributed by atoms with E-state index in [0.29, 0.717) is 5.75 Å². The minimum atomic E-state index is -3.60. The van der Waals surface area contributed by atoms with Crippen molar-refractivity contribution < 1.29 is 22.7 Å². The van der Waals surface area contributed by atoms with Gasteiger partial charge in [0.1, 0.15) is 18.1 Å². The molecule has 0 aliphatic rings. The number of amides is 1. The number of benzene rings is 2. The van der Waals surface area contributed by atoms with Gasteiger partial charge in [-0.15, -0.1) is 0 Å². The molecule has 0 aliphatic carbocycles. The van der Waals surface area contributed by atoms with Crippen molar-refractivity contribution in [2.75, 3.05) is 27.8 Å². The maximum atomic E-state index is 12.4. The molecule has 2 rings (SSSR count). The number of hydrogen-bond donors (Lipinski definition) is 1. The fourth-order valence-electron chi connectivity index (χ4n) is 2.25. The molecular formula is C19H24N2O5S. The van der Waals surface area contributed by atoms with Crippen molar-refractivity contribution in [1.82, 2.24) is 9.62 Å². The highest BCUT2D eigenvalue weighted by atomic mass is 32.2. The summed E-state index contributed by atoms with van der Waals surface area (Å²) in [5, 5.41) is 2.80. The molecule has 0 spiro atoms. The van der Waals surface area contributed by atoms with Crippen LogP contribution in [0.3, 0.4) is 0 Å². The van der Waals surface area contributed by atoms with E-state index >= 15 is 0 Å². The zero-order valence-corrected chi connectivity index (χ0v) is 16.6. The fraction of sp³-hybridized carbons (Fsp3) is 0.316. The maximum Gasteiger partial charge on any atom is 0.251 e. The van der Waals surface area contributed by atoms with Gasteiger partial charge in [-0.1, -0.05) is 6.07 Å². The third kappa shape index (κ3) is 5.45. The number of carbonyl (C=O) groups is 1. The zero-order chi connectivity index (χ0) is 20.0. The molecule has 1 amide bonds. The molecule has 2 aromatic rings. The van der Waals surface area contributed by atoms with Crippen molar-refractivity contribution in [3.63, 3.8) is 0 Å². The number of rotatable bonds is 8. The molecule has 0 unspecified atom stereocenters. The number of nitrogens with one attached hydrogen (secondary N) is 1. The van der Waals surface area contributed by atoms with Crippen molar-refractivity contribution in [2.24, 2.45) is 0 Å². The lowest BCUT2D eigenvalue weighted by Gasteiger charge is -2.16. The molecule has 27 heavy (non-hydrogen) atoms. The van der Waals surface area contributed by atoms with Gasteiger partial charge in [0.05, 0.1) is 18.0 Å². The normalized spacial score (nSPS) is 12.5. The minimum absolute atomic E-state index is 0.0716. The van der Waals surface area contributed by atoms with E-state index in [2.05, 4.69) is 5.32 Å². The predicted octanol–water partition coefficient (Wildman–Crippen LogP) is 2.14. The Labute approximate surface area is 160 Å². The highest BCUT2D eigenvalue weighted by molar-refractivity contribution is 7.89. The summed E-state index contributed by atoms with van der Waals surface area (Å²) in [6.45, 7) is 2.08. The molecule has 0 fully saturated rings. The number of carbonyl (C=O) groups excluding carboxylic acids is 1. The van der Waals surface area contributed by atoms with E-state index in [1.54, 1.807) is 43.5 Å². The quantitative estimate of drug-likeness (QED) is 0.744. The largest absolute Gasteiger partial charge is 0.497 e. The second kappa shape index (κ2) is 8.88. The summed E-state index contributed by atoms with van der Waals surface area (Å²) in [5.41, 5.74) is 0.272. The second-order valence-corrected chi connectivity index (χ2v) is 8.33. The highest BCUT2D eigenvalue weighted by Crippen LogP contribution is 2.17. The van der Waals surface area contributed by atoms with Crippen LogP contribution in [0, 0.1) is 0 Å². The van der Waals surface area contributed by atoms with Gasteiger partial charge in [-0.2, -0.15) is 0 Å². The van der Waals surface area contributed by atoms with Crippen molar-refractivity contribution >= 4 is 15.9 Å². The first-order valence-electron chi connectivity index (χ1n) is 8.34. The van der Waals surface area contributed by atoms with Crippen LogP contribution in [0.2, 0.25) is 0 Å². The molecule has 1 atom stereocenters. The fourth-order valence-corrected chi connectivity index (χ4v) is 3.20. The van der Waals surface area contributed by atoms with Crippen LogP contribution in [-0.2, 0) is 10.0 Å². The summed E-state index contributed by atoms with van der Waals surface area (Å²) >= 11 is 0.